The highest BCUT2D eigenvalue weighted by Gasteiger charge is 2.24. The summed E-state index contributed by atoms with van der Waals surface area (Å²) in [6.07, 6.45) is 3.53. The molecule has 1 amide bonds. The lowest BCUT2D eigenvalue weighted by Gasteiger charge is -2.25. The summed E-state index contributed by atoms with van der Waals surface area (Å²) in [5, 5.41) is 11.0. The van der Waals surface area contributed by atoms with E-state index in [2.05, 4.69) is 5.32 Å². The highest BCUT2D eigenvalue weighted by Crippen LogP contribution is 2.22. The van der Waals surface area contributed by atoms with Crippen LogP contribution >= 0.6 is 0 Å². The van der Waals surface area contributed by atoms with Crippen LogP contribution in [0.15, 0.2) is 0 Å². The molecule has 0 aromatic rings. The molecular formula is C10H18N2O3. The molecule has 2 atom stereocenters. The first kappa shape index (κ1) is 12.0. The van der Waals surface area contributed by atoms with E-state index in [4.69, 9.17) is 10.8 Å². The Bertz CT molecular complexity index is 243. The minimum absolute atomic E-state index is 0.0233. The highest BCUT2D eigenvalue weighted by molar-refractivity contribution is 5.79. The summed E-state index contributed by atoms with van der Waals surface area (Å²) in [5.74, 6) is -0.968. The van der Waals surface area contributed by atoms with Gasteiger partial charge in [0.25, 0.3) is 0 Å². The Morgan fingerprint density at radius 2 is 2.13 bits per heavy atom. The maximum absolute atomic E-state index is 11.6. The molecule has 1 rings (SSSR count). The van der Waals surface area contributed by atoms with Crippen LogP contribution in [0.3, 0.4) is 0 Å². The van der Waals surface area contributed by atoms with Gasteiger partial charge >= 0.3 is 5.97 Å². The van der Waals surface area contributed by atoms with E-state index in [0.29, 0.717) is 0 Å². The third-order valence-electron chi connectivity index (χ3n) is 2.72. The Morgan fingerprint density at radius 1 is 1.40 bits per heavy atom. The number of nitrogens with two attached hydrogens (primary N) is 1. The topological polar surface area (TPSA) is 92.4 Å². The standard InChI is InChI=1S/C10H18N2O3/c11-8-3-1-2-7(6-8)10(15)12-5-4-9(13)14/h7-8H,1-6,11H2,(H,12,15)(H,13,14). The van der Waals surface area contributed by atoms with E-state index in [0.717, 1.165) is 25.7 Å². The lowest BCUT2D eigenvalue weighted by atomic mass is 9.85. The molecule has 1 saturated carbocycles. The molecule has 0 aromatic carbocycles. The molecule has 15 heavy (non-hydrogen) atoms. The molecule has 86 valence electrons. The van der Waals surface area contributed by atoms with E-state index in [1.165, 1.54) is 0 Å². The van der Waals surface area contributed by atoms with Crippen LogP contribution in [0.25, 0.3) is 0 Å². The van der Waals surface area contributed by atoms with Crippen LogP contribution in [-0.2, 0) is 9.59 Å². The van der Waals surface area contributed by atoms with Crippen LogP contribution in [0.2, 0.25) is 0 Å². The van der Waals surface area contributed by atoms with Crippen LogP contribution in [0.4, 0.5) is 0 Å². The van der Waals surface area contributed by atoms with Gasteiger partial charge in [0.1, 0.15) is 0 Å². The van der Waals surface area contributed by atoms with Crippen molar-refractivity contribution in [1.29, 1.82) is 0 Å². The van der Waals surface area contributed by atoms with E-state index in [-0.39, 0.29) is 30.8 Å². The number of hydrogen-bond acceptors (Lipinski definition) is 3. The Balaban J connectivity index is 2.24. The summed E-state index contributed by atoms with van der Waals surface area (Å²) in [4.78, 5) is 21.8. The lowest BCUT2D eigenvalue weighted by molar-refractivity contribution is -0.137. The monoisotopic (exact) mass is 214 g/mol. The number of rotatable bonds is 4. The molecule has 0 heterocycles. The molecule has 0 spiro atoms. The largest absolute Gasteiger partial charge is 0.481 e. The zero-order chi connectivity index (χ0) is 11.3. The van der Waals surface area contributed by atoms with Crippen molar-refractivity contribution in [3.8, 4) is 0 Å². The normalized spacial score (nSPS) is 25.9. The molecule has 2 unspecified atom stereocenters. The number of carbonyl (C=O) groups excluding carboxylic acids is 1. The van der Waals surface area contributed by atoms with Gasteiger partial charge in [-0.25, -0.2) is 0 Å². The van der Waals surface area contributed by atoms with Crippen molar-refractivity contribution in [1.82, 2.24) is 5.32 Å². The zero-order valence-corrected chi connectivity index (χ0v) is 8.74. The van der Waals surface area contributed by atoms with Crippen molar-refractivity contribution >= 4 is 11.9 Å². The number of carboxylic acids is 1. The van der Waals surface area contributed by atoms with Gasteiger partial charge in [-0.3, -0.25) is 9.59 Å². The quantitative estimate of drug-likeness (QED) is 0.618. The second kappa shape index (κ2) is 5.70. The fourth-order valence-corrected chi connectivity index (χ4v) is 1.90. The number of nitrogens with one attached hydrogen (secondary N) is 1. The molecule has 0 saturated heterocycles. The van der Waals surface area contributed by atoms with E-state index < -0.39 is 5.97 Å². The van der Waals surface area contributed by atoms with E-state index in [9.17, 15) is 9.59 Å². The SMILES string of the molecule is NC1CCCC(C(=O)NCCC(=O)O)C1. The van der Waals surface area contributed by atoms with Crippen LogP contribution in [0.5, 0.6) is 0 Å². The Kier molecular flexibility index (Phi) is 4.55. The van der Waals surface area contributed by atoms with Crippen molar-refractivity contribution < 1.29 is 14.7 Å². The van der Waals surface area contributed by atoms with E-state index >= 15 is 0 Å². The fourth-order valence-electron chi connectivity index (χ4n) is 1.90. The van der Waals surface area contributed by atoms with Crippen molar-refractivity contribution in [3.05, 3.63) is 0 Å². The van der Waals surface area contributed by atoms with Gasteiger partial charge in [-0.2, -0.15) is 0 Å². The average molecular weight is 214 g/mol. The number of carboxylic acid groups (broad SMARTS) is 1. The third-order valence-corrected chi connectivity index (χ3v) is 2.72. The molecule has 1 aliphatic rings. The first-order chi connectivity index (χ1) is 7.09. The van der Waals surface area contributed by atoms with Gasteiger partial charge in [-0.05, 0) is 19.3 Å². The second-order valence-electron chi connectivity index (χ2n) is 4.06. The molecule has 1 aliphatic carbocycles. The maximum atomic E-state index is 11.6. The Hall–Kier alpha value is -1.10. The van der Waals surface area contributed by atoms with Gasteiger partial charge in [-0.1, -0.05) is 6.42 Å². The maximum Gasteiger partial charge on any atom is 0.305 e. The summed E-state index contributed by atoms with van der Waals surface area (Å²) in [6.45, 7) is 0.208. The molecule has 5 heteroatoms. The van der Waals surface area contributed by atoms with Crippen molar-refractivity contribution in [2.75, 3.05) is 6.54 Å². The summed E-state index contributed by atoms with van der Waals surface area (Å²) < 4.78 is 0. The first-order valence-corrected chi connectivity index (χ1v) is 5.34. The predicted octanol–water partition coefficient (Wildman–Crippen LogP) is 0.0948. The summed E-state index contributed by atoms with van der Waals surface area (Å²) >= 11 is 0. The first-order valence-electron chi connectivity index (χ1n) is 5.34. The molecule has 0 radical (unpaired) electrons. The molecular weight excluding hydrogens is 196 g/mol. The summed E-state index contributed by atoms with van der Waals surface area (Å²) in [6, 6.07) is 0.119. The van der Waals surface area contributed by atoms with Crippen molar-refractivity contribution in [3.63, 3.8) is 0 Å². The van der Waals surface area contributed by atoms with E-state index in [1.807, 2.05) is 0 Å². The highest BCUT2D eigenvalue weighted by atomic mass is 16.4. The zero-order valence-electron chi connectivity index (χ0n) is 8.74. The molecule has 4 N–H and O–H groups in total. The lowest BCUT2D eigenvalue weighted by Crippen LogP contribution is -2.38. The van der Waals surface area contributed by atoms with Gasteiger partial charge in [0.15, 0.2) is 0 Å². The fraction of sp³-hybridized carbons (Fsp3) is 0.800. The number of aliphatic carboxylic acids is 1. The molecule has 0 aromatic heterocycles. The summed E-state index contributed by atoms with van der Waals surface area (Å²) in [5.41, 5.74) is 5.77. The third kappa shape index (κ3) is 4.29. The molecule has 1 fully saturated rings. The molecule has 5 nitrogen and oxygen atoms in total. The van der Waals surface area contributed by atoms with Crippen LogP contribution in [0.1, 0.15) is 32.1 Å². The van der Waals surface area contributed by atoms with Crippen LogP contribution < -0.4 is 11.1 Å². The summed E-state index contributed by atoms with van der Waals surface area (Å²) in [7, 11) is 0. The van der Waals surface area contributed by atoms with Gasteiger partial charge in [0.05, 0.1) is 6.42 Å². The van der Waals surface area contributed by atoms with Gasteiger partial charge in [0, 0.05) is 18.5 Å². The smallest absolute Gasteiger partial charge is 0.305 e. The van der Waals surface area contributed by atoms with Crippen molar-refractivity contribution in [2.24, 2.45) is 11.7 Å². The minimum Gasteiger partial charge on any atom is -0.481 e. The van der Waals surface area contributed by atoms with Crippen LogP contribution in [-0.4, -0.2) is 29.6 Å². The number of amides is 1. The average Bonchev–Trinajstić information content (AvgIpc) is 2.17. The molecule has 0 bridgehead atoms. The second-order valence-corrected chi connectivity index (χ2v) is 4.06. The number of carbonyl (C=O) groups is 2. The van der Waals surface area contributed by atoms with Crippen LogP contribution in [0, 0.1) is 5.92 Å². The minimum atomic E-state index is -0.893. The van der Waals surface area contributed by atoms with Crippen molar-refractivity contribution in [2.45, 2.75) is 38.1 Å². The Morgan fingerprint density at radius 3 is 2.73 bits per heavy atom. The molecule has 0 aliphatic heterocycles. The van der Waals surface area contributed by atoms with Gasteiger partial charge in [-0.15, -0.1) is 0 Å². The van der Waals surface area contributed by atoms with Gasteiger partial charge in [0.2, 0.25) is 5.91 Å². The van der Waals surface area contributed by atoms with Gasteiger partial charge < -0.3 is 16.2 Å². The Labute approximate surface area is 89.0 Å². The van der Waals surface area contributed by atoms with E-state index in [1.54, 1.807) is 0 Å². The predicted molar refractivity (Wildman–Crippen MR) is 55.2 cm³/mol. The number of hydrogen-bond donors (Lipinski definition) is 3.